The van der Waals surface area contributed by atoms with Gasteiger partial charge in [0.05, 0.1) is 0 Å². The van der Waals surface area contributed by atoms with Crippen LogP contribution in [-0.4, -0.2) is 18.0 Å². The van der Waals surface area contributed by atoms with E-state index in [2.05, 4.69) is 37.5 Å². The van der Waals surface area contributed by atoms with Gasteiger partial charge in [-0.3, -0.25) is 4.79 Å². The van der Waals surface area contributed by atoms with E-state index in [1.807, 2.05) is 13.8 Å². The van der Waals surface area contributed by atoms with Gasteiger partial charge in [0.15, 0.2) is 0 Å². The molecule has 0 saturated carbocycles. The average molecular weight is 268 g/mol. The summed E-state index contributed by atoms with van der Waals surface area (Å²) in [5.41, 5.74) is 6.64. The Kier molecular flexibility index (Phi) is 4.56. The van der Waals surface area contributed by atoms with E-state index in [0.717, 1.165) is 0 Å². The van der Waals surface area contributed by atoms with Crippen molar-refractivity contribution >= 4 is 17.2 Å². The first kappa shape index (κ1) is 15.2. The van der Waals surface area contributed by atoms with Crippen LogP contribution in [0.1, 0.15) is 44.6 Å². The molecule has 1 heterocycles. The summed E-state index contributed by atoms with van der Waals surface area (Å²) in [6.45, 7) is 10.8. The number of hydrogen-bond donors (Lipinski definition) is 2. The predicted molar refractivity (Wildman–Crippen MR) is 78.0 cm³/mol. The summed E-state index contributed by atoms with van der Waals surface area (Å²) < 4.78 is 0. The Hall–Kier alpha value is -0.870. The number of carbonyl (C=O) groups is 1. The molecule has 18 heavy (non-hydrogen) atoms. The van der Waals surface area contributed by atoms with Crippen molar-refractivity contribution in [3.63, 3.8) is 0 Å². The maximum atomic E-state index is 11.8. The Morgan fingerprint density at radius 1 is 1.39 bits per heavy atom. The van der Waals surface area contributed by atoms with Gasteiger partial charge in [0, 0.05) is 28.8 Å². The molecule has 0 aliphatic heterocycles. The first-order chi connectivity index (χ1) is 8.12. The molecule has 3 nitrogen and oxygen atoms in total. The standard InChI is InChI=1S/C14H24N2OS/c1-10-6-7-18-12(10)13(2,3)9-16-11(17)8-14(4,5)15/h6-7H,8-9,15H2,1-5H3,(H,16,17). The fraction of sp³-hybridized carbons (Fsp3) is 0.643. The zero-order valence-electron chi connectivity index (χ0n) is 12.0. The van der Waals surface area contributed by atoms with Crippen molar-refractivity contribution in [2.75, 3.05) is 6.54 Å². The van der Waals surface area contributed by atoms with Crippen LogP contribution < -0.4 is 11.1 Å². The van der Waals surface area contributed by atoms with Crippen LogP contribution in [0.3, 0.4) is 0 Å². The zero-order valence-corrected chi connectivity index (χ0v) is 12.8. The maximum absolute atomic E-state index is 11.8. The second-order valence-corrected chi connectivity index (χ2v) is 7.17. The second kappa shape index (κ2) is 5.41. The third-order valence-electron chi connectivity index (χ3n) is 2.82. The molecular weight excluding hydrogens is 244 g/mol. The van der Waals surface area contributed by atoms with Crippen LogP contribution in [0.25, 0.3) is 0 Å². The summed E-state index contributed by atoms with van der Waals surface area (Å²) >= 11 is 1.75. The van der Waals surface area contributed by atoms with Crippen molar-refractivity contribution in [1.29, 1.82) is 0 Å². The molecule has 0 radical (unpaired) electrons. The second-order valence-electron chi connectivity index (χ2n) is 6.26. The predicted octanol–water partition coefficient (Wildman–Crippen LogP) is 2.58. The molecule has 0 aromatic carbocycles. The first-order valence-electron chi connectivity index (χ1n) is 6.22. The molecule has 0 aliphatic rings. The summed E-state index contributed by atoms with van der Waals surface area (Å²) in [6.07, 6.45) is 0.354. The molecule has 0 spiro atoms. The van der Waals surface area contributed by atoms with Crippen molar-refractivity contribution in [3.05, 3.63) is 21.9 Å². The van der Waals surface area contributed by atoms with Gasteiger partial charge in [0.2, 0.25) is 5.91 Å². The molecule has 1 aromatic rings. The minimum atomic E-state index is -0.451. The van der Waals surface area contributed by atoms with Gasteiger partial charge in [-0.05, 0) is 37.8 Å². The van der Waals surface area contributed by atoms with E-state index in [0.29, 0.717) is 13.0 Å². The fourth-order valence-corrected chi connectivity index (χ4v) is 3.00. The van der Waals surface area contributed by atoms with Gasteiger partial charge in [0.25, 0.3) is 0 Å². The van der Waals surface area contributed by atoms with Gasteiger partial charge in [-0.2, -0.15) is 0 Å². The summed E-state index contributed by atoms with van der Waals surface area (Å²) in [6, 6.07) is 2.12. The quantitative estimate of drug-likeness (QED) is 0.862. The number of nitrogens with two attached hydrogens (primary N) is 1. The Bertz CT molecular complexity index is 416. The lowest BCUT2D eigenvalue weighted by Crippen LogP contribution is -2.42. The molecule has 0 aliphatic carbocycles. The number of hydrogen-bond acceptors (Lipinski definition) is 3. The van der Waals surface area contributed by atoms with E-state index in [4.69, 9.17) is 5.73 Å². The van der Waals surface area contributed by atoms with Crippen LogP contribution >= 0.6 is 11.3 Å². The molecule has 0 unspecified atom stereocenters. The Labute approximate surface area is 114 Å². The lowest BCUT2D eigenvalue weighted by atomic mass is 9.89. The van der Waals surface area contributed by atoms with Crippen molar-refractivity contribution in [3.8, 4) is 0 Å². The van der Waals surface area contributed by atoms with Gasteiger partial charge in [0.1, 0.15) is 0 Å². The number of nitrogens with one attached hydrogen (secondary N) is 1. The molecule has 102 valence electrons. The monoisotopic (exact) mass is 268 g/mol. The van der Waals surface area contributed by atoms with Crippen LogP contribution in [-0.2, 0) is 10.2 Å². The number of aryl methyl sites for hydroxylation is 1. The number of thiophene rings is 1. The number of carbonyl (C=O) groups excluding carboxylic acids is 1. The third-order valence-corrected chi connectivity index (χ3v) is 4.20. The molecule has 3 N–H and O–H groups in total. The molecular formula is C14H24N2OS. The highest BCUT2D eigenvalue weighted by molar-refractivity contribution is 7.10. The van der Waals surface area contributed by atoms with Crippen molar-refractivity contribution < 1.29 is 4.79 Å². The maximum Gasteiger partial charge on any atom is 0.221 e. The van der Waals surface area contributed by atoms with E-state index in [-0.39, 0.29) is 11.3 Å². The SMILES string of the molecule is Cc1ccsc1C(C)(C)CNC(=O)CC(C)(C)N. The lowest BCUT2D eigenvalue weighted by Gasteiger charge is -2.26. The van der Waals surface area contributed by atoms with Crippen molar-refractivity contribution in [1.82, 2.24) is 5.32 Å². The van der Waals surface area contributed by atoms with E-state index in [1.54, 1.807) is 11.3 Å². The molecule has 0 saturated heterocycles. The van der Waals surface area contributed by atoms with Gasteiger partial charge >= 0.3 is 0 Å². The van der Waals surface area contributed by atoms with E-state index >= 15 is 0 Å². The largest absolute Gasteiger partial charge is 0.355 e. The fourth-order valence-electron chi connectivity index (χ4n) is 1.94. The zero-order chi connectivity index (χ0) is 14.0. The normalized spacial score (nSPS) is 12.6. The number of rotatable bonds is 5. The molecule has 0 atom stereocenters. The molecule has 0 fully saturated rings. The van der Waals surface area contributed by atoms with E-state index in [9.17, 15) is 4.79 Å². The first-order valence-corrected chi connectivity index (χ1v) is 7.10. The topological polar surface area (TPSA) is 55.1 Å². The Morgan fingerprint density at radius 3 is 2.44 bits per heavy atom. The molecule has 4 heteroatoms. The smallest absolute Gasteiger partial charge is 0.221 e. The highest BCUT2D eigenvalue weighted by Gasteiger charge is 2.25. The highest BCUT2D eigenvalue weighted by Crippen LogP contribution is 2.30. The van der Waals surface area contributed by atoms with Crippen LogP contribution in [0.15, 0.2) is 11.4 Å². The van der Waals surface area contributed by atoms with Crippen molar-refractivity contribution in [2.24, 2.45) is 5.73 Å². The summed E-state index contributed by atoms with van der Waals surface area (Å²) in [5, 5.41) is 5.08. The van der Waals surface area contributed by atoms with E-state index < -0.39 is 5.54 Å². The molecule has 0 bridgehead atoms. The van der Waals surface area contributed by atoms with Crippen LogP contribution in [0.2, 0.25) is 0 Å². The molecule has 1 amide bonds. The summed E-state index contributed by atoms with van der Waals surface area (Å²) in [7, 11) is 0. The molecule has 1 rings (SSSR count). The minimum Gasteiger partial charge on any atom is -0.355 e. The van der Waals surface area contributed by atoms with Gasteiger partial charge in [-0.15, -0.1) is 11.3 Å². The van der Waals surface area contributed by atoms with E-state index in [1.165, 1.54) is 10.4 Å². The summed E-state index contributed by atoms with van der Waals surface area (Å²) in [5.74, 6) is 0.0183. The molecule has 1 aromatic heterocycles. The van der Waals surface area contributed by atoms with Crippen LogP contribution in [0, 0.1) is 6.92 Å². The highest BCUT2D eigenvalue weighted by atomic mass is 32.1. The van der Waals surface area contributed by atoms with Gasteiger partial charge in [-0.1, -0.05) is 13.8 Å². The third kappa shape index (κ3) is 4.42. The average Bonchev–Trinajstić information content (AvgIpc) is 2.60. The van der Waals surface area contributed by atoms with Crippen LogP contribution in [0.4, 0.5) is 0 Å². The van der Waals surface area contributed by atoms with Gasteiger partial charge < -0.3 is 11.1 Å². The Morgan fingerprint density at radius 2 is 2.00 bits per heavy atom. The Balaban J connectivity index is 2.58. The summed E-state index contributed by atoms with van der Waals surface area (Å²) in [4.78, 5) is 13.1. The van der Waals surface area contributed by atoms with Gasteiger partial charge in [-0.25, -0.2) is 0 Å². The van der Waals surface area contributed by atoms with Crippen molar-refractivity contribution in [2.45, 2.75) is 52.0 Å². The minimum absolute atomic E-state index is 0.0183. The number of amides is 1. The lowest BCUT2D eigenvalue weighted by molar-refractivity contribution is -0.122. The van der Waals surface area contributed by atoms with Crippen LogP contribution in [0.5, 0.6) is 0 Å².